The third-order valence-electron chi connectivity index (χ3n) is 4.25. The number of aromatic nitrogens is 3. The molecule has 0 aliphatic rings. The topological polar surface area (TPSA) is 82.3 Å². The van der Waals surface area contributed by atoms with E-state index in [2.05, 4.69) is 10.2 Å². The van der Waals surface area contributed by atoms with Gasteiger partial charge in [0.1, 0.15) is 11.3 Å². The van der Waals surface area contributed by atoms with E-state index in [1.54, 1.807) is 23.8 Å². The van der Waals surface area contributed by atoms with E-state index in [9.17, 15) is 4.79 Å². The summed E-state index contributed by atoms with van der Waals surface area (Å²) in [6.07, 6.45) is 0. The molecule has 0 fully saturated rings. The standard InChI is InChI=1S/C20H17N3O4S/c1-3-26-16-9-4-6-12-10-15(19(24)27-17(12)16)18-21-22-20(28)23(18)13-7-5-8-14(11-13)25-2/h4-11H,3H2,1-2H3,(H,22,28). The smallest absolute Gasteiger partial charge is 0.347 e. The molecule has 2 aromatic carbocycles. The minimum Gasteiger partial charge on any atom is -0.497 e. The van der Waals surface area contributed by atoms with Gasteiger partial charge in [-0.1, -0.05) is 18.2 Å². The Morgan fingerprint density at radius 2 is 2.04 bits per heavy atom. The van der Waals surface area contributed by atoms with Crippen LogP contribution in [0.1, 0.15) is 6.92 Å². The van der Waals surface area contributed by atoms with Gasteiger partial charge in [0.2, 0.25) is 0 Å². The number of hydrogen-bond acceptors (Lipinski definition) is 6. The van der Waals surface area contributed by atoms with E-state index >= 15 is 0 Å². The lowest BCUT2D eigenvalue weighted by atomic mass is 10.1. The van der Waals surface area contributed by atoms with Crippen LogP contribution in [0, 0.1) is 4.77 Å². The van der Waals surface area contributed by atoms with E-state index in [0.29, 0.717) is 34.3 Å². The number of H-pyrrole nitrogens is 1. The van der Waals surface area contributed by atoms with Crippen LogP contribution < -0.4 is 15.1 Å². The first-order valence-electron chi connectivity index (χ1n) is 8.64. The second kappa shape index (κ2) is 7.32. The Morgan fingerprint density at radius 1 is 1.21 bits per heavy atom. The molecule has 0 saturated heterocycles. The molecule has 0 aliphatic heterocycles. The fourth-order valence-corrected chi connectivity index (χ4v) is 3.25. The van der Waals surface area contributed by atoms with Gasteiger partial charge in [0, 0.05) is 11.5 Å². The van der Waals surface area contributed by atoms with E-state index < -0.39 is 5.63 Å². The quantitative estimate of drug-likeness (QED) is 0.404. The van der Waals surface area contributed by atoms with Crippen molar-refractivity contribution in [3.8, 4) is 28.6 Å². The number of rotatable bonds is 5. The van der Waals surface area contributed by atoms with Gasteiger partial charge in [-0.15, -0.1) is 0 Å². The number of nitrogens with one attached hydrogen (secondary N) is 1. The minimum atomic E-state index is -0.530. The summed E-state index contributed by atoms with van der Waals surface area (Å²) in [4.78, 5) is 12.8. The molecule has 0 unspecified atom stereocenters. The minimum absolute atomic E-state index is 0.288. The Hall–Kier alpha value is -3.39. The molecule has 2 heterocycles. The highest BCUT2D eigenvalue weighted by molar-refractivity contribution is 7.71. The Bertz CT molecular complexity index is 1270. The van der Waals surface area contributed by atoms with Crippen LogP contribution in [-0.2, 0) is 0 Å². The molecule has 28 heavy (non-hydrogen) atoms. The largest absolute Gasteiger partial charge is 0.497 e. The monoisotopic (exact) mass is 395 g/mol. The molecule has 0 aliphatic carbocycles. The van der Waals surface area contributed by atoms with Gasteiger partial charge in [-0.2, -0.15) is 5.10 Å². The van der Waals surface area contributed by atoms with Crippen LogP contribution in [0.2, 0.25) is 0 Å². The Balaban J connectivity index is 1.93. The number of nitrogens with zero attached hydrogens (tertiary/aromatic N) is 2. The number of ether oxygens (including phenoxy) is 2. The lowest BCUT2D eigenvalue weighted by Gasteiger charge is -2.09. The Kier molecular flexibility index (Phi) is 4.70. The van der Waals surface area contributed by atoms with Gasteiger partial charge < -0.3 is 13.9 Å². The maximum atomic E-state index is 12.8. The molecule has 0 bridgehead atoms. The average molecular weight is 395 g/mol. The van der Waals surface area contributed by atoms with E-state index in [1.807, 2.05) is 43.3 Å². The van der Waals surface area contributed by atoms with Crippen LogP contribution in [0.4, 0.5) is 0 Å². The molecule has 0 spiro atoms. The predicted octanol–water partition coefficient (Wildman–Crippen LogP) is 4.11. The van der Waals surface area contributed by atoms with Gasteiger partial charge in [0.15, 0.2) is 21.9 Å². The van der Waals surface area contributed by atoms with Gasteiger partial charge >= 0.3 is 5.63 Å². The Labute approximate surface area is 165 Å². The summed E-state index contributed by atoms with van der Waals surface area (Å²) in [7, 11) is 1.59. The number of benzene rings is 2. The van der Waals surface area contributed by atoms with E-state index in [0.717, 1.165) is 11.1 Å². The maximum Gasteiger partial charge on any atom is 0.347 e. The molecule has 2 aromatic heterocycles. The molecule has 142 valence electrons. The van der Waals surface area contributed by atoms with Crippen LogP contribution in [-0.4, -0.2) is 28.5 Å². The highest BCUT2D eigenvalue weighted by atomic mass is 32.1. The summed E-state index contributed by atoms with van der Waals surface area (Å²) in [5, 5.41) is 7.73. The number of hydrogen-bond donors (Lipinski definition) is 1. The van der Waals surface area contributed by atoms with E-state index in [1.165, 1.54) is 0 Å². The normalized spacial score (nSPS) is 10.9. The molecule has 0 amide bonds. The molecule has 0 saturated carbocycles. The van der Waals surface area contributed by atoms with Gasteiger partial charge in [-0.3, -0.25) is 9.67 Å². The van der Waals surface area contributed by atoms with Crippen molar-refractivity contribution in [2.75, 3.05) is 13.7 Å². The van der Waals surface area contributed by atoms with E-state index in [-0.39, 0.29) is 5.56 Å². The van der Waals surface area contributed by atoms with Crippen molar-refractivity contribution in [2.45, 2.75) is 6.92 Å². The summed E-state index contributed by atoms with van der Waals surface area (Å²) in [5.41, 5.74) is 0.880. The van der Waals surface area contributed by atoms with Crippen LogP contribution >= 0.6 is 12.2 Å². The number of aromatic amines is 1. The second-order valence-electron chi connectivity index (χ2n) is 5.94. The van der Waals surface area contributed by atoms with E-state index in [4.69, 9.17) is 26.1 Å². The van der Waals surface area contributed by atoms with Crippen molar-refractivity contribution < 1.29 is 13.9 Å². The van der Waals surface area contributed by atoms with Gasteiger partial charge in [0.25, 0.3) is 0 Å². The third-order valence-corrected chi connectivity index (χ3v) is 4.52. The zero-order valence-corrected chi connectivity index (χ0v) is 16.1. The fraction of sp³-hybridized carbons (Fsp3) is 0.150. The van der Waals surface area contributed by atoms with Gasteiger partial charge in [-0.25, -0.2) is 4.79 Å². The summed E-state index contributed by atoms with van der Waals surface area (Å²) < 4.78 is 18.4. The average Bonchev–Trinajstić information content (AvgIpc) is 3.09. The SMILES string of the molecule is CCOc1cccc2cc(-c3n[nH]c(=S)n3-c3cccc(OC)c3)c(=O)oc12. The Morgan fingerprint density at radius 3 is 2.82 bits per heavy atom. The molecular weight excluding hydrogens is 378 g/mol. The lowest BCUT2D eigenvalue weighted by Crippen LogP contribution is -2.08. The third kappa shape index (κ3) is 3.07. The second-order valence-corrected chi connectivity index (χ2v) is 6.33. The molecular formula is C20H17N3O4S. The zero-order valence-electron chi connectivity index (χ0n) is 15.3. The van der Waals surface area contributed by atoms with Crippen LogP contribution in [0.5, 0.6) is 11.5 Å². The molecule has 4 aromatic rings. The first-order chi connectivity index (χ1) is 13.6. The number of fused-ring (bicyclic) bond motifs is 1. The summed E-state index contributed by atoms with van der Waals surface area (Å²) in [6, 6.07) is 14.5. The summed E-state index contributed by atoms with van der Waals surface area (Å²) in [5.74, 6) is 1.55. The number of para-hydroxylation sites is 1. The lowest BCUT2D eigenvalue weighted by molar-refractivity contribution is 0.337. The molecule has 7 nitrogen and oxygen atoms in total. The highest BCUT2D eigenvalue weighted by Gasteiger charge is 2.18. The van der Waals surface area contributed by atoms with Crippen molar-refractivity contribution >= 4 is 23.2 Å². The van der Waals surface area contributed by atoms with Crippen LogP contribution in [0.15, 0.2) is 57.7 Å². The van der Waals surface area contributed by atoms with Crippen LogP contribution in [0.3, 0.4) is 0 Å². The first-order valence-corrected chi connectivity index (χ1v) is 9.05. The molecule has 0 atom stereocenters. The van der Waals surface area contributed by atoms with Gasteiger partial charge in [0.05, 0.1) is 19.4 Å². The highest BCUT2D eigenvalue weighted by Crippen LogP contribution is 2.28. The predicted molar refractivity (Wildman–Crippen MR) is 108 cm³/mol. The van der Waals surface area contributed by atoms with Crippen molar-refractivity contribution in [2.24, 2.45) is 0 Å². The van der Waals surface area contributed by atoms with Gasteiger partial charge in [-0.05, 0) is 43.4 Å². The summed E-state index contributed by atoms with van der Waals surface area (Å²) in [6.45, 7) is 2.34. The molecule has 8 heteroatoms. The maximum absolute atomic E-state index is 12.8. The first kappa shape index (κ1) is 18.0. The molecule has 4 rings (SSSR count). The van der Waals surface area contributed by atoms with Crippen molar-refractivity contribution in [1.29, 1.82) is 0 Å². The van der Waals surface area contributed by atoms with Crippen molar-refractivity contribution in [3.05, 3.63) is 63.7 Å². The van der Waals surface area contributed by atoms with Crippen LogP contribution in [0.25, 0.3) is 28.0 Å². The molecule has 0 radical (unpaired) electrons. The zero-order chi connectivity index (χ0) is 19.7. The van der Waals surface area contributed by atoms with Crippen molar-refractivity contribution in [3.63, 3.8) is 0 Å². The molecule has 1 N–H and O–H groups in total. The summed E-state index contributed by atoms with van der Waals surface area (Å²) >= 11 is 5.38. The fourth-order valence-electron chi connectivity index (χ4n) is 3.01. The van der Waals surface area contributed by atoms with Crippen molar-refractivity contribution in [1.82, 2.24) is 14.8 Å². The number of methoxy groups -OCH3 is 1.